The molecule has 0 bridgehead atoms. The number of esters is 1. The van der Waals surface area contributed by atoms with Gasteiger partial charge in [-0.2, -0.15) is 5.10 Å². The lowest BCUT2D eigenvalue weighted by Crippen LogP contribution is -2.24. The van der Waals surface area contributed by atoms with Crippen molar-refractivity contribution in [1.82, 2.24) is 5.43 Å². The summed E-state index contributed by atoms with van der Waals surface area (Å²) >= 11 is 5.83. The Morgan fingerprint density at radius 2 is 1.38 bits per heavy atom. The van der Waals surface area contributed by atoms with Gasteiger partial charge in [-0.15, -0.1) is 0 Å². The molecule has 0 aromatic heterocycles. The van der Waals surface area contributed by atoms with Crippen molar-refractivity contribution < 1.29 is 23.8 Å². The molecule has 8 heteroatoms. The minimum atomic E-state index is -0.486. The van der Waals surface area contributed by atoms with Gasteiger partial charge in [-0.3, -0.25) is 4.79 Å². The Labute approximate surface area is 219 Å². The molecular formula is C29H23ClN2O5. The molecule has 1 amide bonds. The summed E-state index contributed by atoms with van der Waals surface area (Å²) in [4.78, 5) is 24.2. The maximum absolute atomic E-state index is 12.2. The maximum atomic E-state index is 12.2. The third-order valence-electron chi connectivity index (χ3n) is 5.02. The number of carbonyl (C=O) groups is 2. The van der Waals surface area contributed by atoms with E-state index in [4.69, 9.17) is 25.8 Å². The van der Waals surface area contributed by atoms with Crippen molar-refractivity contribution in [2.24, 2.45) is 5.10 Å². The predicted molar refractivity (Wildman–Crippen MR) is 141 cm³/mol. The van der Waals surface area contributed by atoms with Crippen molar-refractivity contribution in [3.8, 4) is 17.2 Å². The first-order valence-electron chi connectivity index (χ1n) is 11.3. The van der Waals surface area contributed by atoms with Gasteiger partial charge in [0.15, 0.2) is 6.61 Å². The fourth-order valence-corrected chi connectivity index (χ4v) is 3.23. The van der Waals surface area contributed by atoms with E-state index in [-0.39, 0.29) is 6.61 Å². The summed E-state index contributed by atoms with van der Waals surface area (Å²) < 4.78 is 16.6. The Kier molecular flexibility index (Phi) is 8.88. The van der Waals surface area contributed by atoms with E-state index in [1.54, 1.807) is 72.8 Å². The molecule has 0 atom stereocenters. The minimum absolute atomic E-state index is 0.193. The molecule has 186 valence electrons. The van der Waals surface area contributed by atoms with E-state index >= 15 is 0 Å². The second-order valence-electron chi connectivity index (χ2n) is 7.79. The van der Waals surface area contributed by atoms with E-state index in [0.717, 1.165) is 5.56 Å². The average molecular weight is 515 g/mol. The van der Waals surface area contributed by atoms with Gasteiger partial charge in [0, 0.05) is 5.02 Å². The SMILES string of the molecule is O=C(COc1ccc(OCc2ccccc2)cc1)NN=Cc1ccc(OC(=O)c2ccc(Cl)cc2)cc1. The number of hydrogen-bond donors (Lipinski definition) is 1. The van der Waals surface area contributed by atoms with Crippen LogP contribution in [0, 0.1) is 0 Å². The van der Waals surface area contributed by atoms with Crippen molar-refractivity contribution >= 4 is 29.7 Å². The monoisotopic (exact) mass is 514 g/mol. The van der Waals surface area contributed by atoms with Crippen LogP contribution in [0.1, 0.15) is 21.5 Å². The number of ether oxygens (including phenoxy) is 3. The predicted octanol–water partition coefficient (Wildman–Crippen LogP) is 5.67. The molecule has 0 fully saturated rings. The van der Waals surface area contributed by atoms with Crippen molar-refractivity contribution in [3.63, 3.8) is 0 Å². The Morgan fingerprint density at radius 3 is 2.05 bits per heavy atom. The van der Waals surface area contributed by atoms with Gasteiger partial charge in [-0.05, 0) is 83.9 Å². The summed E-state index contributed by atoms with van der Waals surface area (Å²) in [6, 6.07) is 30.0. The first-order chi connectivity index (χ1) is 18.0. The molecule has 0 aliphatic heterocycles. The van der Waals surface area contributed by atoms with Gasteiger partial charge in [-0.1, -0.05) is 41.9 Å². The molecule has 4 rings (SSSR count). The zero-order valence-electron chi connectivity index (χ0n) is 19.7. The highest BCUT2D eigenvalue weighted by molar-refractivity contribution is 6.30. The summed E-state index contributed by atoms with van der Waals surface area (Å²) in [5.41, 5.74) is 4.59. The van der Waals surface area contributed by atoms with Gasteiger partial charge in [0.05, 0.1) is 11.8 Å². The fraction of sp³-hybridized carbons (Fsp3) is 0.0690. The van der Waals surface area contributed by atoms with Gasteiger partial charge in [-0.25, -0.2) is 10.2 Å². The molecule has 7 nitrogen and oxygen atoms in total. The lowest BCUT2D eigenvalue weighted by atomic mass is 10.2. The van der Waals surface area contributed by atoms with Crippen LogP contribution in [0.2, 0.25) is 5.02 Å². The van der Waals surface area contributed by atoms with Crippen LogP contribution in [-0.4, -0.2) is 24.7 Å². The normalized spacial score (nSPS) is 10.6. The van der Waals surface area contributed by atoms with Crippen LogP contribution in [-0.2, 0) is 11.4 Å². The Hall–Kier alpha value is -4.62. The maximum Gasteiger partial charge on any atom is 0.343 e. The zero-order chi connectivity index (χ0) is 25.9. The number of amides is 1. The molecule has 0 spiro atoms. The smallest absolute Gasteiger partial charge is 0.343 e. The molecule has 0 aliphatic rings. The quantitative estimate of drug-likeness (QED) is 0.128. The lowest BCUT2D eigenvalue weighted by molar-refractivity contribution is -0.123. The summed E-state index contributed by atoms with van der Waals surface area (Å²) in [5.74, 6) is 0.728. The third-order valence-corrected chi connectivity index (χ3v) is 5.27. The molecule has 1 N–H and O–H groups in total. The van der Waals surface area contributed by atoms with Gasteiger partial charge in [0.2, 0.25) is 0 Å². The first kappa shape index (κ1) is 25.5. The molecule has 0 heterocycles. The molecule has 0 radical (unpaired) electrons. The van der Waals surface area contributed by atoms with Gasteiger partial charge < -0.3 is 14.2 Å². The number of carbonyl (C=O) groups excluding carboxylic acids is 2. The van der Waals surface area contributed by atoms with Crippen LogP contribution in [0.3, 0.4) is 0 Å². The van der Waals surface area contributed by atoms with Crippen LogP contribution >= 0.6 is 11.6 Å². The third kappa shape index (κ3) is 8.23. The van der Waals surface area contributed by atoms with E-state index in [2.05, 4.69) is 10.5 Å². The van der Waals surface area contributed by atoms with Crippen LogP contribution < -0.4 is 19.6 Å². The second-order valence-corrected chi connectivity index (χ2v) is 8.23. The van der Waals surface area contributed by atoms with E-state index in [1.165, 1.54) is 6.21 Å². The Bertz CT molecular complexity index is 1340. The number of nitrogens with zero attached hydrogens (tertiary/aromatic N) is 1. The second kappa shape index (κ2) is 12.9. The van der Waals surface area contributed by atoms with Crippen LogP contribution in [0.25, 0.3) is 0 Å². The highest BCUT2D eigenvalue weighted by atomic mass is 35.5. The Balaban J connectivity index is 1.17. The summed E-state index contributed by atoms with van der Waals surface area (Å²) in [6.45, 7) is 0.278. The van der Waals surface area contributed by atoms with Gasteiger partial charge in [0.25, 0.3) is 5.91 Å². The van der Waals surface area contributed by atoms with Crippen LogP contribution in [0.5, 0.6) is 17.2 Å². The zero-order valence-corrected chi connectivity index (χ0v) is 20.4. The van der Waals surface area contributed by atoms with Crippen molar-refractivity contribution in [3.05, 3.63) is 125 Å². The molecule has 0 saturated carbocycles. The van der Waals surface area contributed by atoms with Crippen molar-refractivity contribution in [2.45, 2.75) is 6.61 Å². The minimum Gasteiger partial charge on any atom is -0.489 e. The number of halogens is 1. The number of benzene rings is 4. The first-order valence-corrected chi connectivity index (χ1v) is 11.7. The van der Waals surface area contributed by atoms with E-state index in [9.17, 15) is 9.59 Å². The van der Waals surface area contributed by atoms with Crippen LogP contribution in [0.15, 0.2) is 108 Å². The molecular weight excluding hydrogens is 492 g/mol. The van der Waals surface area contributed by atoms with Crippen LogP contribution in [0.4, 0.5) is 0 Å². The summed E-state index contributed by atoms with van der Waals surface area (Å²) in [7, 11) is 0. The fourth-order valence-electron chi connectivity index (χ4n) is 3.11. The van der Waals surface area contributed by atoms with Gasteiger partial charge >= 0.3 is 5.97 Å². The molecule has 4 aromatic carbocycles. The molecule has 0 saturated heterocycles. The average Bonchev–Trinajstić information content (AvgIpc) is 2.93. The molecule has 37 heavy (non-hydrogen) atoms. The lowest BCUT2D eigenvalue weighted by Gasteiger charge is -2.08. The van der Waals surface area contributed by atoms with Gasteiger partial charge in [0.1, 0.15) is 23.9 Å². The summed E-state index contributed by atoms with van der Waals surface area (Å²) in [5, 5.41) is 4.46. The summed E-state index contributed by atoms with van der Waals surface area (Å²) in [6.07, 6.45) is 1.47. The van der Waals surface area contributed by atoms with E-state index in [1.807, 2.05) is 30.3 Å². The standard InChI is InChI=1S/C29H23ClN2O5/c30-24-10-8-23(9-11-24)29(34)37-27-12-6-21(7-13-27)18-31-32-28(33)20-36-26-16-14-25(15-17-26)35-19-22-4-2-1-3-5-22/h1-18H,19-20H2,(H,32,33). The topological polar surface area (TPSA) is 86.2 Å². The number of nitrogens with one attached hydrogen (secondary N) is 1. The highest BCUT2D eigenvalue weighted by Crippen LogP contribution is 2.19. The molecule has 0 aliphatic carbocycles. The van der Waals surface area contributed by atoms with E-state index < -0.39 is 11.9 Å². The Morgan fingerprint density at radius 1 is 0.757 bits per heavy atom. The molecule has 4 aromatic rings. The molecule has 0 unspecified atom stereocenters. The number of rotatable bonds is 10. The largest absolute Gasteiger partial charge is 0.489 e. The number of hydrogen-bond acceptors (Lipinski definition) is 6. The van der Waals surface area contributed by atoms with Crippen molar-refractivity contribution in [2.75, 3.05) is 6.61 Å². The van der Waals surface area contributed by atoms with Crippen molar-refractivity contribution in [1.29, 1.82) is 0 Å². The highest BCUT2D eigenvalue weighted by Gasteiger charge is 2.08. The van der Waals surface area contributed by atoms with E-state index in [0.29, 0.717) is 40.0 Å². The number of hydrazone groups is 1.